The van der Waals surface area contributed by atoms with Gasteiger partial charge in [-0.05, 0) is 55.5 Å². The monoisotopic (exact) mass is 412 g/mol. The third kappa shape index (κ3) is 7.87. The van der Waals surface area contributed by atoms with E-state index in [4.69, 9.17) is 5.11 Å². The number of anilines is 2. The largest absolute Gasteiger partial charge is 0.480 e. The van der Waals surface area contributed by atoms with E-state index < -0.39 is 5.97 Å². The SMILES string of the molecule is COCC(=O)O.Cc1cccc(N(C(=O)NCC2CCCCC2)c2ccccc2)c1. The Bertz CT molecular complexity index is 789. The molecule has 2 aromatic carbocycles. The molecule has 6 nitrogen and oxygen atoms in total. The molecule has 1 saturated carbocycles. The fourth-order valence-corrected chi connectivity index (χ4v) is 3.55. The van der Waals surface area contributed by atoms with Crippen molar-refractivity contribution in [3.05, 3.63) is 60.2 Å². The Morgan fingerprint density at radius 2 is 1.70 bits per heavy atom. The Labute approximate surface area is 178 Å². The van der Waals surface area contributed by atoms with Crippen LogP contribution in [0, 0.1) is 12.8 Å². The van der Waals surface area contributed by atoms with Crippen molar-refractivity contribution >= 4 is 23.4 Å². The average Bonchev–Trinajstić information content (AvgIpc) is 2.74. The second kappa shape index (κ2) is 12.6. The number of para-hydroxylation sites is 1. The number of nitrogens with one attached hydrogen (secondary N) is 1. The van der Waals surface area contributed by atoms with Crippen molar-refractivity contribution in [2.45, 2.75) is 39.0 Å². The molecule has 0 heterocycles. The normalized spacial score (nSPS) is 13.7. The second-order valence-electron chi connectivity index (χ2n) is 7.53. The molecule has 0 spiro atoms. The third-order valence-corrected chi connectivity index (χ3v) is 5.01. The molecule has 30 heavy (non-hydrogen) atoms. The van der Waals surface area contributed by atoms with E-state index in [1.807, 2.05) is 61.5 Å². The molecule has 0 bridgehead atoms. The van der Waals surface area contributed by atoms with E-state index in [1.54, 1.807) is 4.90 Å². The van der Waals surface area contributed by atoms with Gasteiger partial charge in [-0.1, -0.05) is 49.6 Å². The van der Waals surface area contributed by atoms with Gasteiger partial charge in [-0.3, -0.25) is 4.90 Å². The lowest BCUT2D eigenvalue weighted by molar-refractivity contribution is -0.141. The summed E-state index contributed by atoms with van der Waals surface area (Å²) >= 11 is 0. The highest BCUT2D eigenvalue weighted by Crippen LogP contribution is 2.27. The molecule has 2 amide bonds. The highest BCUT2D eigenvalue weighted by atomic mass is 16.5. The number of carbonyl (C=O) groups is 2. The van der Waals surface area contributed by atoms with Crippen molar-refractivity contribution in [2.24, 2.45) is 5.92 Å². The number of carboxylic acids is 1. The molecule has 1 aliphatic rings. The van der Waals surface area contributed by atoms with E-state index in [0.29, 0.717) is 5.92 Å². The van der Waals surface area contributed by atoms with Crippen molar-refractivity contribution in [1.82, 2.24) is 5.32 Å². The molecular weight excluding hydrogens is 380 g/mol. The number of aliphatic carboxylic acids is 1. The van der Waals surface area contributed by atoms with E-state index in [0.717, 1.165) is 23.5 Å². The molecule has 0 radical (unpaired) electrons. The summed E-state index contributed by atoms with van der Waals surface area (Å²) in [5.41, 5.74) is 2.94. The quantitative estimate of drug-likeness (QED) is 0.688. The number of ether oxygens (including phenoxy) is 1. The average molecular weight is 413 g/mol. The zero-order chi connectivity index (χ0) is 21.8. The summed E-state index contributed by atoms with van der Waals surface area (Å²) in [6.45, 7) is 2.61. The zero-order valence-electron chi connectivity index (χ0n) is 17.8. The fraction of sp³-hybridized carbons (Fsp3) is 0.417. The number of benzene rings is 2. The number of hydrogen-bond acceptors (Lipinski definition) is 3. The van der Waals surface area contributed by atoms with Crippen molar-refractivity contribution in [1.29, 1.82) is 0 Å². The summed E-state index contributed by atoms with van der Waals surface area (Å²) in [5.74, 6) is -0.310. The van der Waals surface area contributed by atoms with E-state index in [1.165, 1.54) is 39.2 Å². The zero-order valence-corrected chi connectivity index (χ0v) is 17.8. The Hall–Kier alpha value is -2.86. The van der Waals surface area contributed by atoms with Crippen LogP contribution in [0.1, 0.15) is 37.7 Å². The van der Waals surface area contributed by atoms with Crippen molar-refractivity contribution in [3.8, 4) is 0 Å². The van der Waals surface area contributed by atoms with Crippen LogP contribution in [0.4, 0.5) is 16.2 Å². The van der Waals surface area contributed by atoms with Crippen LogP contribution in [-0.2, 0) is 9.53 Å². The molecule has 1 fully saturated rings. The number of nitrogens with zero attached hydrogens (tertiary/aromatic N) is 1. The summed E-state index contributed by atoms with van der Waals surface area (Å²) in [5, 5.41) is 10.9. The number of methoxy groups -OCH3 is 1. The van der Waals surface area contributed by atoms with Crippen molar-refractivity contribution < 1.29 is 19.4 Å². The highest BCUT2D eigenvalue weighted by Gasteiger charge is 2.20. The summed E-state index contributed by atoms with van der Waals surface area (Å²) in [6.07, 6.45) is 6.39. The van der Waals surface area contributed by atoms with Gasteiger partial charge in [0.15, 0.2) is 0 Å². The van der Waals surface area contributed by atoms with Gasteiger partial charge < -0.3 is 15.2 Å². The summed E-state index contributed by atoms with van der Waals surface area (Å²) in [4.78, 5) is 24.2. The highest BCUT2D eigenvalue weighted by molar-refractivity contribution is 5.99. The van der Waals surface area contributed by atoms with Gasteiger partial charge in [-0.25, -0.2) is 9.59 Å². The number of urea groups is 1. The number of carbonyl (C=O) groups excluding carboxylic acids is 1. The molecule has 6 heteroatoms. The molecule has 162 valence electrons. The number of aryl methyl sites for hydroxylation is 1. The first-order valence-electron chi connectivity index (χ1n) is 10.4. The fourth-order valence-electron chi connectivity index (χ4n) is 3.55. The Morgan fingerprint density at radius 1 is 1.03 bits per heavy atom. The number of rotatable bonds is 6. The molecule has 2 aromatic rings. The maximum atomic E-state index is 12.9. The van der Waals surface area contributed by atoms with E-state index in [-0.39, 0.29) is 12.6 Å². The van der Waals surface area contributed by atoms with Crippen LogP contribution in [0.25, 0.3) is 0 Å². The van der Waals surface area contributed by atoms with Gasteiger partial charge in [0, 0.05) is 13.7 Å². The Kier molecular flexibility index (Phi) is 9.87. The van der Waals surface area contributed by atoms with E-state index >= 15 is 0 Å². The lowest BCUT2D eigenvalue weighted by atomic mass is 9.89. The lowest BCUT2D eigenvalue weighted by Gasteiger charge is -2.26. The standard InChI is InChI=1S/C21H26N2O.C3H6O3/c1-17-9-8-14-20(15-17)23(19-12-6-3-7-13-19)21(24)22-16-18-10-4-2-5-11-18;1-6-2-3(4)5/h3,6-9,12-15,18H,2,4-5,10-11,16H2,1H3,(H,22,24);2H2,1H3,(H,4,5). The number of carboxylic acid groups (broad SMARTS) is 1. The van der Waals surface area contributed by atoms with Crippen LogP contribution in [0.2, 0.25) is 0 Å². The maximum absolute atomic E-state index is 12.9. The smallest absolute Gasteiger partial charge is 0.329 e. The predicted molar refractivity (Wildman–Crippen MR) is 119 cm³/mol. The van der Waals surface area contributed by atoms with Crippen molar-refractivity contribution in [3.63, 3.8) is 0 Å². The third-order valence-electron chi connectivity index (χ3n) is 5.01. The minimum absolute atomic E-state index is 0.0441. The van der Waals surface area contributed by atoms with Crippen LogP contribution >= 0.6 is 0 Å². The molecule has 0 unspecified atom stereocenters. The van der Waals surface area contributed by atoms with Gasteiger partial charge in [0.2, 0.25) is 0 Å². The molecule has 2 N–H and O–H groups in total. The summed E-state index contributed by atoms with van der Waals surface area (Å²) < 4.78 is 4.20. The summed E-state index contributed by atoms with van der Waals surface area (Å²) in [7, 11) is 1.34. The van der Waals surface area contributed by atoms with Crippen LogP contribution in [0.5, 0.6) is 0 Å². The topological polar surface area (TPSA) is 78.9 Å². The Morgan fingerprint density at radius 3 is 2.27 bits per heavy atom. The van der Waals surface area contributed by atoms with Crippen LogP contribution < -0.4 is 10.2 Å². The minimum Gasteiger partial charge on any atom is -0.480 e. The molecule has 3 rings (SSSR count). The molecular formula is C24H32N2O4. The summed E-state index contributed by atoms with van der Waals surface area (Å²) in [6, 6.07) is 17.9. The predicted octanol–water partition coefficient (Wildman–Crippen LogP) is 5.14. The lowest BCUT2D eigenvalue weighted by Crippen LogP contribution is -2.39. The molecule has 0 aliphatic heterocycles. The van der Waals surface area contributed by atoms with Gasteiger partial charge in [0.05, 0.1) is 11.4 Å². The van der Waals surface area contributed by atoms with Crippen molar-refractivity contribution in [2.75, 3.05) is 25.2 Å². The van der Waals surface area contributed by atoms with Gasteiger partial charge in [0.1, 0.15) is 6.61 Å². The number of hydrogen-bond donors (Lipinski definition) is 2. The molecule has 0 saturated heterocycles. The first-order chi connectivity index (χ1) is 14.5. The van der Waals surface area contributed by atoms with E-state index in [2.05, 4.69) is 10.1 Å². The molecule has 1 aliphatic carbocycles. The van der Waals surface area contributed by atoms with Crippen LogP contribution in [0.15, 0.2) is 54.6 Å². The van der Waals surface area contributed by atoms with Gasteiger partial charge in [0.25, 0.3) is 0 Å². The molecule has 0 aromatic heterocycles. The molecule has 0 atom stereocenters. The van der Waals surface area contributed by atoms with Gasteiger partial charge in [-0.2, -0.15) is 0 Å². The van der Waals surface area contributed by atoms with E-state index in [9.17, 15) is 9.59 Å². The maximum Gasteiger partial charge on any atom is 0.329 e. The Balaban J connectivity index is 0.000000469. The number of amides is 2. The first kappa shape index (κ1) is 23.4. The van der Waals surface area contributed by atoms with Gasteiger partial charge >= 0.3 is 12.0 Å². The van der Waals surface area contributed by atoms with Gasteiger partial charge in [-0.15, -0.1) is 0 Å². The van der Waals surface area contributed by atoms with Crippen LogP contribution in [-0.4, -0.2) is 37.4 Å². The first-order valence-corrected chi connectivity index (χ1v) is 10.4. The van der Waals surface area contributed by atoms with Crippen LogP contribution in [0.3, 0.4) is 0 Å². The second-order valence-corrected chi connectivity index (χ2v) is 7.53. The minimum atomic E-state index is -0.933.